The molecular formula is C27H39N3OS. The van der Waals surface area contributed by atoms with Crippen LogP contribution >= 0.6 is 11.9 Å². The van der Waals surface area contributed by atoms with Gasteiger partial charge in [0.1, 0.15) is 0 Å². The lowest BCUT2D eigenvalue weighted by molar-refractivity contribution is 0.0289. The van der Waals surface area contributed by atoms with Gasteiger partial charge < -0.3 is 13.6 Å². The van der Waals surface area contributed by atoms with Gasteiger partial charge in [0.15, 0.2) is 0 Å². The van der Waals surface area contributed by atoms with Crippen molar-refractivity contribution in [1.29, 1.82) is 0 Å². The molecule has 5 heteroatoms. The van der Waals surface area contributed by atoms with E-state index in [1.54, 1.807) is 11.3 Å². The van der Waals surface area contributed by atoms with E-state index in [9.17, 15) is 0 Å². The number of nitrogens with zero attached hydrogens (tertiary/aromatic N) is 3. The Bertz CT molecular complexity index is 971. The molecule has 0 spiro atoms. The summed E-state index contributed by atoms with van der Waals surface area (Å²) in [5, 5.41) is 1.45. The predicted octanol–water partition coefficient (Wildman–Crippen LogP) is 6.54. The predicted molar refractivity (Wildman–Crippen MR) is 139 cm³/mol. The monoisotopic (exact) mass is 453 g/mol. The van der Waals surface area contributed by atoms with Crippen LogP contribution in [0.3, 0.4) is 0 Å². The van der Waals surface area contributed by atoms with Crippen LogP contribution in [0.5, 0.6) is 0 Å². The van der Waals surface area contributed by atoms with Crippen LogP contribution in [-0.2, 0) is 24.2 Å². The van der Waals surface area contributed by atoms with Gasteiger partial charge in [0.05, 0.1) is 0 Å². The highest BCUT2D eigenvalue weighted by Crippen LogP contribution is 2.37. The van der Waals surface area contributed by atoms with Crippen LogP contribution in [0.25, 0.3) is 10.9 Å². The van der Waals surface area contributed by atoms with E-state index < -0.39 is 0 Å². The maximum atomic E-state index is 5.63. The highest BCUT2D eigenvalue weighted by molar-refractivity contribution is 8.04. The number of hydrogen-bond donors (Lipinski definition) is 0. The largest absolute Gasteiger partial charge is 0.381 e. The Morgan fingerprint density at radius 1 is 1.25 bits per heavy atom. The fourth-order valence-corrected chi connectivity index (χ4v) is 6.01. The molecule has 1 saturated heterocycles. The average molecular weight is 454 g/mol. The van der Waals surface area contributed by atoms with Gasteiger partial charge in [-0.3, -0.25) is 4.90 Å². The lowest BCUT2D eigenvalue weighted by atomic mass is 9.99. The normalized spacial score (nSPS) is 18.6. The number of anilines is 1. The topological polar surface area (TPSA) is 20.6 Å². The Morgan fingerprint density at radius 2 is 2.06 bits per heavy atom. The van der Waals surface area contributed by atoms with Crippen LogP contribution in [0.2, 0.25) is 0 Å². The zero-order valence-corrected chi connectivity index (χ0v) is 21.1. The van der Waals surface area contributed by atoms with Crippen molar-refractivity contribution in [2.45, 2.75) is 72.0 Å². The van der Waals surface area contributed by atoms with Gasteiger partial charge in [0.2, 0.25) is 0 Å². The number of rotatable bonds is 8. The molecule has 4 rings (SSSR count). The average Bonchev–Trinajstić information content (AvgIpc) is 3.14. The number of hydrogen-bond acceptors (Lipinski definition) is 4. The Hall–Kier alpha value is -1.69. The maximum Gasteiger partial charge on any atom is 0.0487 e. The van der Waals surface area contributed by atoms with Crippen molar-refractivity contribution >= 4 is 28.5 Å². The summed E-state index contributed by atoms with van der Waals surface area (Å²) in [6.07, 6.45) is 12.3. The van der Waals surface area contributed by atoms with Crippen molar-refractivity contribution in [3.05, 3.63) is 52.6 Å². The molecule has 4 nitrogen and oxygen atoms in total. The molecule has 32 heavy (non-hydrogen) atoms. The quantitative estimate of drug-likeness (QED) is 0.334. The van der Waals surface area contributed by atoms with E-state index in [2.05, 4.69) is 78.0 Å². The molecule has 0 N–H and O–H groups in total. The first-order valence-electron chi connectivity index (χ1n) is 12.3. The number of benzene rings is 1. The highest BCUT2D eigenvalue weighted by atomic mass is 32.2. The maximum absolute atomic E-state index is 5.63. The summed E-state index contributed by atoms with van der Waals surface area (Å²) in [6.45, 7) is 11.7. The SMILES string of the molecule is C/C=C\C/C(=C\C)SN(C)c1ccc2c(c1)c1c(n2CCC)CCN(C2CCOCC2)C1. The van der Waals surface area contributed by atoms with E-state index in [4.69, 9.17) is 4.74 Å². The van der Waals surface area contributed by atoms with Gasteiger partial charge in [-0.2, -0.15) is 0 Å². The molecule has 1 aromatic carbocycles. The first-order chi connectivity index (χ1) is 15.7. The lowest BCUT2D eigenvalue weighted by Crippen LogP contribution is -2.42. The molecule has 0 unspecified atom stereocenters. The van der Waals surface area contributed by atoms with Crippen LogP contribution in [0.15, 0.2) is 41.3 Å². The molecule has 0 saturated carbocycles. The number of ether oxygens (including phenoxy) is 1. The van der Waals surface area contributed by atoms with Gasteiger partial charge in [0, 0.05) is 79.5 Å². The molecule has 3 heterocycles. The van der Waals surface area contributed by atoms with Crippen LogP contribution < -0.4 is 4.31 Å². The first kappa shape index (κ1) is 23.5. The summed E-state index contributed by atoms with van der Waals surface area (Å²) < 4.78 is 10.6. The molecule has 2 aliphatic heterocycles. The van der Waals surface area contributed by atoms with Gasteiger partial charge in [-0.25, -0.2) is 0 Å². The van der Waals surface area contributed by atoms with Crippen LogP contribution in [-0.4, -0.2) is 42.3 Å². The summed E-state index contributed by atoms with van der Waals surface area (Å²) in [4.78, 5) is 4.10. The summed E-state index contributed by atoms with van der Waals surface area (Å²) in [7, 11) is 2.19. The van der Waals surface area contributed by atoms with Crippen LogP contribution in [0.1, 0.15) is 57.7 Å². The minimum absolute atomic E-state index is 0.673. The zero-order chi connectivity index (χ0) is 22.5. The van der Waals surface area contributed by atoms with Crippen molar-refractivity contribution in [3.8, 4) is 0 Å². The standard InChI is InChI=1S/C27H39N3OS/c1-5-8-9-23(7-3)32-28(4)22-10-11-26-24(19-22)25-20-29(21-13-17-31-18-14-21)16-12-27(25)30(26)15-6-2/h5,7-8,10-11,19,21H,6,9,12-18,20H2,1-4H3/b8-5-,23-7+. The zero-order valence-electron chi connectivity index (χ0n) is 20.3. The highest BCUT2D eigenvalue weighted by Gasteiger charge is 2.29. The molecule has 2 aliphatic rings. The van der Waals surface area contributed by atoms with E-state index in [0.29, 0.717) is 6.04 Å². The number of fused-ring (bicyclic) bond motifs is 3. The summed E-state index contributed by atoms with van der Waals surface area (Å²) in [6, 6.07) is 7.76. The minimum Gasteiger partial charge on any atom is -0.381 e. The third-order valence-corrected chi connectivity index (χ3v) is 8.04. The van der Waals surface area contributed by atoms with E-state index in [0.717, 1.165) is 39.1 Å². The Balaban J connectivity index is 1.64. The second-order valence-corrected chi connectivity index (χ2v) is 10.2. The molecule has 1 aromatic heterocycles. The molecular weight excluding hydrogens is 414 g/mol. The third-order valence-electron chi connectivity index (χ3n) is 6.92. The summed E-state index contributed by atoms with van der Waals surface area (Å²) in [5.41, 5.74) is 5.82. The van der Waals surface area contributed by atoms with Crippen LogP contribution in [0.4, 0.5) is 5.69 Å². The third kappa shape index (κ3) is 4.95. The van der Waals surface area contributed by atoms with Crippen molar-refractivity contribution in [1.82, 2.24) is 9.47 Å². The first-order valence-corrected chi connectivity index (χ1v) is 13.1. The van der Waals surface area contributed by atoms with Crippen LogP contribution in [0, 0.1) is 0 Å². The summed E-state index contributed by atoms with van der Waals surface area (Å²) in [5.74, 6) is 0. The van der Waals surface area contributed by atoms with Crippen molar-refractivity contribution < 1.29 is 4.74 Å². The lowest BCUT2D eigenvalue weighted by Gasteiger charge is -2.37. The van der Waals surface area contributed by atoms with E-state index in [-0.39, 0.29) is 0 Å². The minimum atomic E-state index is 0.673. The van der Waals surface area contributed by atoms with E-state index in [1.807, 2.05) is 11.9 Å². The molecule has 0 radical (unpaired) electrons. The molecule has 1 fully saturated rings. The number of aromatic nitrogens is 1. The molecule has 0 atom stereocenters. The summed E-state index contributed by atoms with van der Waals surface area (Å²) >= 11 is 1.84. The number of allylic oxidation sites excluding steroid dienone is 4. The van der Waals surface area contributed by atoms with Crippen molar-refractivity contribution in [3.63, 3.8) is 0 Å². The van der Waals surface area contributed by atoms with Gasteiger partial charge >= 0.3 is 0 Å². The van der Waals surface area contributed by atoms with Gasteiger partial charge in [-0.15, -0.1) is 0 Å². The Labute approximate surface area is 198 Å². The molecule has 2 aromatic rings. The Morgan fingerprint density at radius 3 is 2.78 bits per heavy atom. The molecule has 0 bridgehead atoms. The van der Waals surface area contributed by atoms with Gasteiger partial charge in [-0.05, 0) is 75.2 Å². The van der Waals surface area contributed by atoms with Gasteiger partial charge in [0.25, 0.3) is 0 Å². The number of aryl methyl sites for hydroxylation is 1. The van der Waals surface area contributed by atoms with E-state index in [1.165, 1.54) is 47.3 Å². The fourth-order valence-electron chi connectivity index (χ4n) is 5.17. The molecule has 0 aliphatic carbocycles. The van der Waals surface area contributed by atoms with Gasteiger partial charge in [-0.1, -0.05) is 25.2 Å². The van der Waals surface area contributed by atoms with Crippen molar-refractivity contribution in [2.24, 2.45) is 0 Å². The second-order valence-electron chi connectivity index (χ2n) is 8.96. The second kappa shape index (κ2) is 11.0. The molecule has 0 amide bonds. The van der Waals surface area contributed by atoms with E-state index >= 15 is 0 Å². The molecule has 174 valence electrons. The van der Waals surface area contributed by atoms with Crippen molar-refractivity contribution in [2.75, 3.05) is 31.1 Å². The fraction of sp³-hybridized carbons (Fsp3) is 0.556. The smallest absolute Gasteiger partial charge is 0.0487 e. The Kier molecular flexibility index (Phi) is 8.03.